The maximum Gasteiger partial charge on any atom is 0.469 e. The lowest BCUT2D eigenvalue weighted by Gasteiger charge is -2.16. The van der Waals surface area contributed by atoms with Crippen molar-refractivity contribution in [1.82, 2.24) is 19.5 Å². The van der Waals surface area contributed by atoms with Gasteiger partial charge in [0, 0.05) is 6.54 Å². The molecule has 13 heteroatoms. The molecule has 1 fully saturated rings. The zero-order chi connectivity index (χ0) is 21.3. The van der Waals surface area contributed by atoms with Crippen LogP contribution in [-0.2, 0) is 20.4 Å². The number of rotatable bonds is 7. The number of hydrogen-bond donors (Lipinski definition) is 5. The molecule has 0 saturated carbocycles. The molecule has 1 aromatic carbocycles. The predicted octanol–water partition coefficient (Wildman–Crippen LogP) is 0.167. The van der Waals surface area contributed by atoms with Gasteiger partial charge in [-0.15, -0.1) is 0 Å². The van der Waals surface area contributed by atoms with Crippen LogP contribution in [0.4, 0.5) is 5.82 Å². The lowest BCUT2D eigenvalue weighted by atomic mass is 10.1. The van der Waals surface area contributed by atoms with Crippen LogP contribution in [0.5, 0.6) is 0 Å². The number of imidazole rings is 1. The summed E-state index contributed by atoms with van der Waals surface area (Å²) in [5.74, 6) is 0.483. The van der Waals surface area contributed by atoms with E-state index in [-0.39, 0.29) is 0 Å². The zero-order valence-corrected chi connectivity index (χ0v) is 16.4. The van der Waals surface area contributed by atoms with Crippen molar-refractivity contribution >= 4 is 24.8 Å². The molecule has 30 heavy (non-hydrogen) atoms. The minimum atomic E-state index is -4.74. The summed E-state index contributed by atoms with van der Waals surface area (Å²) in [6, 6.07) is 9.71. The molecular formula is C17H20N5O7P. The van der Waals surface area contributed by atoms with E-state index in [0.29, 0.717) is 23.5 Å². The van der Waals surface area contributed by atoms with Crippen LogP contribution in [0.2, 0.25) is 0 Å². The van der Waals surface area contributed by atoms with Gasteiger partial charge >= 0.3 is 7.82 Å². The molecule has 1 aliphatic rings. The van der Waals surface area contributed by atoms with Gasteiger partial charge < -0.3 is 30.1 Å². The lowest BCUT2D eigenvalue weighted by molar-refractivity contribution is -0.0504. The largest absolute Gasteiger partial charge is 0.469 e. The van der Waals surface area contributed by atoms with Gasteiger partial charge in [-0.2, -0.15) is 0 Å². The first kappa shape index (κ1) is 20.8. The minimum absolute atomic E-state index is 0.355. The van der Waals surface area contributed by atoms with Gasteiger partial charge in [-0.25, -0.2) is 19.5 Å². The molecule has 1 saturated heterocycles. The smallest absolute Gasteiger partial charge is 0.387 e. The zero-order valence-electron chi connectivity index (χ0n) is 15.5. The van der Waals surface area contributed by atoms with Crippen molar-refractivity contribution in [3.8, 4) is 0 Å². The van der Waals surface area contributed by atoms with Crippen LogP contribution in [0.25, 0.3) is 11.2 Å². The number of hydrogen-bond acceptors (Lipinski definition) is 9. The van der Waals surface area contributed by atoms with Gasteiger partial charge in [-0.3, -0.25) is 9.09 Å². The molecule has 3 aromatic rings. The number of phosphoric acid groups is 1. The Morgan fingerprint density at radius 2 is 1.90 bits per heavy atom. The van der Waals surface area contributed by atoms with Crippen LogP contribution in [0, 0.1) is 0 Å². The second kappa shape index (κ2) is 8.36. The van der Waals surface area contributed by atoms with Gasteiger partial charge in [0.05, 0.1) is 12.9 Å². The lowest BCUT2D eigenvalue weighted by Crippen LogP contribution is -2.33. The number of aliphatic hydroxyl groups excluding tert-OH is 2. The number of nitrogens with zero attached hydrogens (tertiary/aromatic N) is 4. The summed E-state index contributed by atoms with van der Waals surface area (Å²) >= 11 is 0. The number of aromatic nitrogens is 4. The number of anilines is 1. The van der Waals surface area contributed by atoms with E-state index in [2.05, 4.69) is 24.8 Å². The van der Waals surface area contributed by atoms with E-state index in [0.717, 1.165) is 5.56 Å². The first-order chi connectivity index (χ1) is 14.3. The Kier molecular flexibility index (Phi) is 5.80. The van der Waals surface area contributed by atoms with Crippen molar-refractivity contribution < 1.29 is 33.8 Å². The van der Waals surface area contributed by atoms with Crippen molar-refractivity contribution in [2.45, 2.75) is 31.1 Å². The molecule has 4 atom stereocenters. The van der Waals surface area contributed by atoms with Gasteiger partial charge in [0.1, 0.15) is 24.6 Å². The van der Waals surface area contributed by atoms with E-state index < -0.39 is 39.0 Å². The second-order valence-electron chi connectivity index (χ2n) is 6.72. The molecule has 3 heterocycles. The van der Waals surface area contributed by atoms with Crippen LogP contribution in [0.3, 0.4) is 0 Å². The fraction of sp³-hybridized carbons (Fsp3) is 0.353. The second-order valence-corrected chi connectivity index (χ2v) is 7.96. The van der Waals surface area contributed by atoms with Crippen LogP contribution in [-0.4, -0.2) is 64.4 Å². The first-order valence-electron chi connectivity index (χ1n) is 9.00. The third-order valence-corrected chi connectivity index (χ3v) is 5.17. The van der Waals surface area contributed by atoms with E-state index in [4.69, 9.17) is 14.5 Å². The molecule has 0 spiro atoms. The van der Waals surface area contributed by atoms with Crippen molar-refractivity contribution in [3.05, 3.63) is 48.5 Å². The third-order valence-electron chi connectivity index (χ3n) is 4.68. The molecule has 5 N–H and O–H groups in total. The molecule has 0 radical (unpaired) electrons. The topological polar surface area (TPSA) is 172 Å². The summed E-state index contributed by atoms with van der Waals surface area (Å²) in [5, 5.41) is 23.7. The maximum absolute atomic E-state index is 10.9. The highest BCUT2D eigenvalue weighted by atomic mass is 31.2. The Bertz CT molecular complexity index is 1060. The fourth-order valence-electron chi connectivity index (χ4n) is 3.22. The van der Waals surface area contributed by atoms with Gasteiger partial charge in [0.25, 0.3) is 0 Å². The predicted molar refractivity (Wildman–Crippen MR) is 103 cm³/mol. The number of aliphatic hydroxyl groups is 2. The average molecular weight is 437 g/mol. The van der Waals surface area contributed by atoms with Crippen LogP contribution in [0.1, 0.15) is 11.8 Å². The normalized spacial score (nSPS) is 24.4. The van der Waals surface area contributed by atoms with Gasteiger partial charge in [0.15, 0.2) is 23.2 Å². The Morgan fingerprint density at radius 1 is 1.13 bits per heavy atom. The Labute approximate surface area is 170 Å². The van der Waals surface area contributed by atoms with Crippen molar-refractivity contribution in [2.24, 2.45) is 0 Å². The van der Waals surface area contributed by atoms with Crippen LogP contribution >= 0.6 is 7.82 Å². The Hall–Kier alpha value is -2.44. The van der Waals surface area contributed by atoms with E-state index in [1.807, 2.05) is 30.3 Å². The first-order valence-corrected chi connectivity index (χ1v) is 10.5. The van der Waals surface area contributed by atoms with Crippen molar-refractivity contribution in [3.63, 3.8) is 0 Å². The molecule has 1 aliphatic heterocycles. The van der Waals surface area contributed by atoms with Gasteiger partial charge in [0.2, 0.25) is 0 Å². The summed E-state index contributed by atoms with van der Waals surface area (Å²) in [4.78, 5) is 30.4. The standard InChI is InChI=1S/C17H20N5O7P/c23-13-11(7-28-30(25,26)27)29-17(14(13)24)22-9-21-12-15(19-8-20-16(12)22)18-6-10-4-2-1-3-5-10/h1-5,8-9,11,13-14,17,23-24H,6-7H2,(H,18,19,20)(H2,25,26,27)/t11-,13+,14-,17-/m1/s1. The van der Waals surface area contributed by atoms with Gasteiger partial charge in [-0.1, -0.05) is 30.3 Å². The third kappa shape index (κ3) is 4.35. The highest BCUT2D eigenvalue weighted by Crippen LogP contribution is 2.38. The molecule has 0 aliphatic carbocycles. The van der Waals surface area contributed by atoms with Crippen molar-refractivity contribution in [1.29, 1.82) is 0 Å². The molecule has 4 rings (SSSR count). The minimum Gasteiger partial charge on any atom is -0.387 e. The molecule has 0 bridgehead atoms. The highest BCUT2D eigenvalue weighted by Gasteiger charge is 2.45. The summed E-state index contributed by atoms with van der Waals surface area (Å²) in [6.45, 7) is -0.0760. The molecule has 12 nitrogen and oxygen atoms in total. The van der Waals surface area contributed by atoms with Gasteiger partial charge in [-0.05, 0) is 5.56 Å². The summed E-state index contributed by atoms with van der Waals surface area (Å²) in [7, 11) is -4.74. The molecule has 2 aromatic heterocycles. The number of phosphoric ester groups is 1. The molecular weight excluding hydrogens is 417 g/mol. The summed E-state index contributed by atoms with van der Waals surface area (Å²) in [6.07, 6.45) is -2.31. The Balaban J connectivity index is 1.54. The molecule has 0 unspecified atom stereocenters. The molecule has 160 valence electrons. The summed E-state index contributed by atoms with van der Waals surface area (Å²) < 4.78 is 22.3. The number of benzene rings is 1. The number of ether oxygens (including phenoxy) is 1. The van der Waals surface area contributed by atoms with E-state index in [1.54, 1.807) is 0 Å². The van der Waals surface area contributed by atoms with E-state index >= 15 is 0 Å². The Morgan fingerprint density at radius 3 is 2.63 bits per heavy atom. The van der Waals surface area contributed by atoms with E-state index in [1.165, 1.54) is 17.2 Å². The monoisotopic (exact) mass is 437 g/mol. The van der Waals surface area contributed by atoms with Crippen molar-refractivity contribution in [2.75, 3.05) is 11.9 Å². The van der Waals surface area contributed by atoms with Crippen LogP contribution in [0.15, 0.2) is 43.0 Å². The quantitative estimate of drug-likeness (QED) is 0.319. The van der Waals surface area contributed by atoms with E-state index in [9.17, 15) is 14.8 Å². The van der Waals surface area contributed by atoms with Crippen LogP contribution < -0.4 is 5.32 Å². The maximum atomic E-state index is 10.9. The average Bonchev–Trinajstić information content (AvgIpc) is 3.27. The number of nitrogens with one attached hydrogen (secondary N) is 1. The summed E-state index contributed by atoms with van der Waals surface area (Å²) in [5.41, 5.74) is 1.84. The SMILES string of the molecule is O=P(O)(O)OC[C@H]1O[C@@H](n2cnc3c(NCc4ccccc4)ncnc32)[C@H](O)[C@H]1O. The highest BCUT2D eigenvalue weighted by molar-refractivity contribution is 7.46. The fourth-order valence-corrected chi connectivity index (χ4v) is 3.56. The molecule has 0 amide bonds. The number of fused-ring (bicyclic) bond motifs is 1.